The highest BCUT2D eigenvalue weighted by molar-refractivity contribution is 5.81. The Bertz CT molecular complexity index is 690. The largest absolute Gasteiger partial charge is 0.447 e. The Hall–Kier alpha value is -2.04. The summed E-state index contributed by atoms with van der Waals surface area (Å²) in [5.74, 6) is 0.722. The predicted molar refractivity (Wildman–Crippen MR) is 94.3 cm³/mol. The van der Waals surface area contributed by atoms with E-state index in [4.69, 9.17) is 4.74 Å². The molecule has 134 valence electrons. The molecular formula is C20H26N2O3. The Morgan fingerprint density at radius 2 is 2.12 bits per heavy atom. The van der Waals surface area contributed by atoms with Gasteiger partial charge < -0.3 is 15.0 Å². The van der Waals surface area contributed by atoms with Crippen molar-refractivity contribution >= 4 is 12.0 Å². The molecule has 5 heteroatoms. The summed E-state index contributed by atoms with van der Waals surface area (Å²) >= 11 is 0. The molecule has 1 aromatic rings. The molecule has 5 nitrogen and oxygen atoms in total. The topological polar surface area (TPSA) is 58.6 Å². The second kappa shape index (κ2) is 6.04. The van der Waals surface area contributed by atoms with Crippen LogP contribution in [0.4, 0.5) is 4.79 Å². The van der Waals surface area contributed by atoms with Crippen LogP contribution in [0.5, 0.6) is 0 Å². The number of nitrogens with zero attached hydrogens (tertiary/aromatic N) is 1. The minimum absolute atomic E-state index is 0.0134. The van der Waals surface area contributed by atoms with Gasteiger partial charge in [-0.2, -0.15) is 0 Å². The lowest BCUT2D eigenvalue weighted by Gasteiger charge is -2.47. The number of hydrogen-bond donors (Lipinski definition) is 1. The maximum absolute atomic E-state index is 12.4. The SMILES string of the molecule is CCc1cccc(C2CC(NC(=O)C3CC4(COC(=O)N4C)C3)C2)c1. The van der Waals surface area contributed by atoms with Crippen molar-refractivity contribution in [3.05, 3.63) is 35.4 Å². The average Bonchev–Trinajstić information content (AvgIpc) is 2.85. The van der Waals surface area contributed by atoms with Gasteiger partial charge in [0.2, 0.25) is 5.91 Å². The molecule has 1 heterocycles. The van der Waals surface area contributed by atoms with E-state index in [1.807, 2.05) is 0 Å². The number of hydrogen-bond acceptors (Lipinski definition) is 3. The first-order chi connectivity index (χ1) is 12.0. The van der Waals surface area contributed by atoms with Gasteiger partial charge in [-0.25, -0.2) is 4.79 Å². The summed E-state index contributed by atoms with van der Waals surface area (Å²) < 4.78 is 5.10. The smallest absolute Gasteiger partial charge is 0.410 e. The second-order valence-corrected chi connectivity index (χ2v) is 7.92. The third kappa shape index (κ3) is 2.79. The first-order valence-corrected chi connectivity index (χ1v) is 9.30. The molecule has 0 bridgehead atoms. The summed E-state index contributed by atoms with van der Waals surface area (Å²) in [6.07, 6.45) is 4.28. The van der Waals surface area contributed by atoms with Crippen LogP contribution in [0.25, 0.3) is 0 Å². The van der Waals surface area contributed by atoms with Gasteiger partial charge in [0.15, 0.2) is 0 Å². The van der Waals surface area contributed by atoms with Gasteiger partial charge in [-0.15, -0.1) is 0 Å². The normalized spacial score (nSPS) is 33.6. The van der Waals surface area contributed by atoms with Gasteiger partial charge >= 0.3 is 6.09 Å². The van der Waals surface area contributed by atoms with Crippen molar-refractivity contribution < 1.29 is 14.3 Å². The van der Waals surface area contributed by atoms with E-state index < -0.39 is 0 Å². The first-order valence-electron chi connectivity index (χ1n) is 9.30. The molecular weight excluding hydrogens is 316 g/mol. The standard InChI is InChI=1S/C20H26N2O3/c1-3-13-5-4-6-14(7-13)15-8-17(9-15)21-18(23)16-10-20(11-16)12-25-19(24)22(20)2/h4-7,15-17H,3,8-12H2,1-2H3,(H,21,23). The van der Waals surface area contributed by atoms with Crippen LogP contribution < -0.4 is 5.32 Å². The number of nitrogens with one attached hydrogen (secondary N) is 1. The lowest BCUT2D eigenvalue weighted by molar-refractivity contribution is -0.133. The highest BCUT2D eigenvalue weighted by Gasteiger charge is 2.56. The molecule has 3 aliphatic rings. The van der Waals surface area contributed by atoms with Crippen LogP contribution in [0.2, 0.25) is 0 Å². The van der Waals surface area contributed by atoms with E-state index in [-0.39, 0.29) is 23.5 Å². The fourth-order valence-corrected chi connectivity index (χ4v) is 4.41. The van der Waals surface area contributed by atoms with E-state index in [2.05, 4.69) is 36.5 Å². The zero-order chi connectivity index (χ0) is 17.6. The van der Waals surface area contributed by atoms with Crippen LogP contribution in [0.1, 0.15) is 49.7 Å². The molecule has 1 aliphatic heterocycles. The Morgan fingerprint density at radius 3 is 2.76 bits per heavy atom. The monoisotopic (exact) mass is 342 g/mol. The number of likely N-dealkylation sites (N-methyl/N-ethyl adjacent to an activating group) is 1. The molecule has 1 saturated heterocycles. The number of ether oxygens (including phenoxy) is 1. The molecule has 2 amide bonds. The van der Waals surface area contributed by atoms with E-state index in [1.165, 1.54) is 11.1 Å². The second-order valence-electron chi connectivity index (χ2n) is 7.92. The van der Waals surface area contributed by atoms with Gasteiger partial charge in [0, 0.05) is 19.0 Å². The number of aryl methyl sites for hydroxylation is 1. The minimum Gasteiger partial charge on any atom is -0.447 e. The van der Waals surface area contributed by atoms with Crippen LogP contribution in [-0.4, -0.2) is 42.1 Å². The number of rotatable bonds is 4. The molecule has 2 saturated carbocycles. The highest BCUT2D eigenvalue weighted by Crippen LogP contribution is 2.46. The Labute approximate surface area is 148 Å². The van der Waals surface area contributed by atoms with Crippen LogP contribution in [0.15, 0.2) is 24.3 Å². The average molecular weight is 342 g/mol. The molecule has 0 radical (unpaired) electrons. The van der Waals surface area contributed by atoms with Crippen molar-refractivity contribution in [2.75, 3.05) is 13.7 Å². The third-order valence-electron chi connectivity index (χ3n) is 6.39. The lowest BCUT2D eigenvalue weighted by atomic mass is 9.67. The predicted octanol–water partition coefficient (Wildman–Crippen LogP) is 2.84. The Balaban J connectivity index is 1.25. The van der Waals surface area contributed by atoms with Crippen molar-refractivity contribution in [1.82, 2.24) is 10.2 Å². The molecule has 1 N–H and O–H groups in total. The van der Waals surface area contributed by atoms with Crippen molar-refractivity contribution in [3.8, 4) is 0 Å². The van der Waals surface area contributed by atoms with E-state index in [1.54, 1.807) is 11.9 Å². The van der Waals surface area contributed by atoms with Crippen LogP contribution in [0.3, 0.4) is 0 Å². The molecule has 0 aromatic heterocycles. The van der Waals surface area contributed by atoms with E-state index >= 15 is 0 Å². The molecule has 1 aromatic carbocycles. The summed E-state index contributed by atoms with van der Waals surface area (Å²) in [5.41, 5.74) is 2.54. The van der Waals surface area contributed by atoms with Gasteiger partial charge in [0.1, 0.15) is 6.61 Å². The molecule has 25 heavy (non-hydrogen) atoms. The van der Waals surface area contributed by atoms with Crippen LogP contribution in [-0.2, 0) is 16.0 Å². The van der Waals surface area contributed by atoms with Gasteiger partial charge in [0.25, 0.3) is 0 Å². The van der Waals surface area contributed by atoms with E-state index in [0.717, 1.165) is 32.1 Å². The summed E-state index contributed by atoms with van der Waals surface area (Å²) in [6, 6.07) is 9.09. The number of amides is 2. The number of cyclic esters (lactones) is 1. The number of carbonyl (C=O) groups is 2. The van der Waals surface area contributed by atoms with Crippen LogP contribution in [0, 0.1) is 5.92 Å². The zero-order valence-electron chi connectivity index (χ0n) is 15.0. The molecule has 2 aliphatic carbocycles. The summed E-state index contributed by atoms with van der Waals surface area (Å²) in [5, 5.41) is 3.20. The van der Waals surface area contributed by atoms with Crippen LogP contribution >= 0.6 is 0 Å². The van der Waals surface area contributed by atoms with Gasteiger partial charge in [-0.05, 0) is 49.1 Å². The highest BCUT2D eigenvalue weighted by atomic mass is 16.6. The van der Waals surface area contributed by atoms with Gasteiger partial charge in [-0.3, -0.25) is 4.79 Å². The maximum atomic E-state index is 12.4. The van der Waals surface area contributed by atoms with Crippen molar-refractivity contribution in [3.63, 3.8) is 0 Å². The molecule has 1 spiro atoms. The maximum Gasteiger partial charge on any atom is 0.410 e. The lowest BCUT2D eigenvalue weighted by Crippen LogP contribution is -2.59. The zero-order valence-corrected chi connectivity index (χ0v) is 15.0. The summed E-state index contributed by atoms with van der Waals surface area (Å²) in [7, 11) is 1.77. The fraction of sp³-hybridized carbons (Fsp3) is 0.600. The van der Waals surface area contributed by atoms with Crippen molar-refractivity contribution in [1.29, 1.82) is 0 Å². The van der Waals surface area contributed by atoms with E-state index in [0.29, 0.717) is 18.6 Å². The minimum atomic E-state index is -0.269. The number of carbonyl (C=O) groups excluding carboxylic acids is 2. The molecule has 0 unspecified atom stereocenters. The van der Waals surface area contributed by atoms with Gasteiger partial charge in [-0.1, -0.05) is 31.2 Å². The third-order valence-corrected chi connectivity index (χ3v) is 6.39. The first kappa shape index (κ1) is 16.4. The quantitative estimate of drug-likeness (QED) is 0.915. The van der Waals surface area contributed by atoms with Crippen molar-refractivity contribution in [2.24, 2.45) is 5.92 Å². The summed E-state index contributed by atoms with van der Waals surface area (Å²) in [6.45, 7) is 2.60. The fourth-order valence-electron chi connectivity index (χ4n) is 4.41. The Kier molecular flexibility index (Phi) is 3.97. The molecule has 4 rings (SSSR count). The van der Waals surface area contributed by atoms with Gasteiger partial charge in [0.05, 0.1) is 5.54 Å². The Morgan fingerprint density at radius 1 is 1.36 bits per heavy atom. The van der Waals surface area contributed by atoms with Crippen molar-refractivity contribution in [2.45, 2.75) is 56.5 Å². The number of benzene rings is 1. The molecule has 0 atom stereocenters. The molecule has 3 fully saturated rings. The van der Waals surface area contributed by atoms with E-state index in [9.17, 15) is 9.59 Å². The summed E-state index contributed by atoms with van der Waals surface area (Å²) in [4.78, 5) is 25.6.